The minimum atomic E-state index is -0.692. The highest BCUT2D eigenvalue weighted by Crippen LogP contribution is 2.12. The van der Waals surface area contributed by atoms with Crippen molar-refractivity contribution in [3.05, 3.63) is 43.6 Å². The predicted molar refractivity (Wildman–Crippen MR) is 76.8 cm³/mol. The van der Waals surface area contributed by atoms with E-state index >= 15 is 0 Å². The largest absolute Gasteiger partial charge is 0.342 e. The molecule has 0 aliphatic carbocycles. The Labute approximate surface area is 124 Å². The van der Waals surface area contributed by atoms with Gasteiger partial charge in [-0.1, -0.05) is 11.8 Å². The van der Waals surface area contributed by atoms with E-state index in [2.05, 4.69) is 36.4 Å². The van der Waals surface area contributed by atoms with Gasteiger partial charge in [-0.05, 0) is 28.1 Å². The van der Waals surface area contributed by atoms with Gasteiger partial charge in [-0.25, -0.2) is 14.9 Å². The van der Waals surface area contributed by atoms with E-state index in [1.165, 1.54) is 0 Å². The monoisotopic (exact) mass is 357 g/mol. The highest BCUT2D eigenvalue weighted by molar-refractivity contribution is 9.10. The number of rotatable bonds is 4. The molecule has 2 rings (SSSR count). The zero-order chi connectivity index (χ0) is 14.5. The Hall–Kier alpha value is -1.94. The summed E-state index contributed by atoms with van der Waals surface area (Å²) in [5.74, 6) is 0.0409. The second kappa shape index (κ2) is 6.48. The van der Waals surface area contributed by atoms with Crippen LogP contribution in [-0.2, 0) is 4.79 Å². The number of nitrogens with zero attached hydrogens (tertiary/aromatic N) is 2. The van der Waals surface area contributed by atoms with Crippen molar-refractivity contribution in [2.45, 2.75) is 5.03 Å². The molecule has 2 aromatic heterocycles. The van der Waals surface area contributed by atoms with Crippen LogP contribution in [0.25, 0.3) is 0 Å². The van der Waals surface area contributed by atoms with Crippen molar-refractivity contribution in [1.82, 2.24) is 20.2 Å². The number of halogens is 1. The predicted octanol–water partition coefficient (Wildman–Crippen LogP) is 0.346. The first-order valence-corrected chi connectivity index (χ1v) is 7.05. The van der Waals surface area contributed by atoms with Crippen molar-refractivity contribution in [2.24, 2.45) is 0 Å². The molecule has 0 bridgehead atoms. The topological polar surface area (TPSA) is 121 Å². The smallest absolute Gasteiger partial charge is 0.310 e. The van der Waals surface area contributed by atoms with Crippen LogP contribution in [-0.4, -0.2) is 31.8 Å². The number of hydrogen-bond donors (Lipinski definition) is 3. The van der Waals surface area contributed by atoms with E-state index in [-0.39, 0.29) is 16.7 Å². The maximum Gasteiger partial charge on any atom is 0.342 e. The lowest BCUT2D eigenvalue weighted by atomic mass is 10.4. The summed E-state index contributed by atoms with van der Waals surface area (Å²) in [4.78, 5) is 39.8. The van der Waals surface area contributed by atoms with Gasteiger partial charge in [0.25, 0.3) is 5.56 Å². The van der Waals surface area contributed by atoms with Crippen LogP contribution in [0.3, 0.4) is 0 Å². The molecule has 0 spiro atoms. The van der Waals surface area contributed by atoms with Gasteiger partial charge in [-0.2, -0.15) is 5.10 Å². The molecule has 0 saturated carbocycles. The molecule has 0 aromatic carbocycles. The van der Waals surface area contributed by atoms with Crippen molar-refractivity contribution in [1.29, 1.82) is 0 Å². The molecule has 0 saturated heterocycles. The van der Waals surface area contributed by atoms with Gasteiger partial charge in [0.15, 0.2) is 5.03 Å². The summed E-state index contributed by atoms with van der Waals surface area (Å²) in [6, 6.07) is 3.38. The van der Waals surface area contributed by atoms with Crippen LogP contribution < -0.4 is 16.6 Å². The van der Waals surface area contributed by atoms with Crippen molar-refractivity contribution >= 4 is 39.4 Å². The van der Waals surface area contributed by atoms with Gasteiger partial charge in [0, 0.05) is 10.7 Å². The van der Waals surface area contributed by atoms with Crippen molar-refractivity contribution in [2.75, 3.05) is 11.1 Å². The molecule has 104 valence electrons. The summed E-state index contributed by atoms with van der Waals surface area (Å²) in [7, 11) is 0. The lowest BCUT2D eigenvalue weighted by Crippen LogP contribution is -2.25. The number of thioether (sulfide) groups is 1. The van der Waals surface area contributed by atoms with Crippen LogP contribution in [0.5, 0.6) is 0 Å². The molecule has 2 heterocycles. The molecule has 3 N–H and O–H groups in total. The van der Waals surface area contributed by atoms with Crippen LogP contribution in [0.1, 0.15) is 0 Å². The Balaban J connectivity index is 1.93. The normalized spacial score (nSPS) is 10.2. The lowest BCUT2D eigenvalue weighted by molar-refractivity contribution is -0.113. The molecule has 0 atom stereocenters. The van der Waals surface area contributed by atoms with E-state index in [4.69, 9.17) is 0 Å². The summed E-state index contributed by atoms with van der Waals surface area (Å²) < 4.78 is 0.800. The van der Waals surface area contributed by atoms with Gasteiger partial charge >= 0.3 is 5.69 Å². The standard InChI is InChI=1S/C10H8BrN5O3S/c11-5-1-2-6(12-3-5)13-7(17)4-20-9-8(18)14-10(19)16-15-9/h1-3H,4H2,(H,12,13,17)(H2,14,16,18,19). The quantitative estimate of drug-likeness (QED) is 0.678. The molecule has 0 fully saturated rings. The maximum atomic E-state index is 11.7. The van der Waals surface area contributed by atoms with E-state index in [1.54, 1.807) is 18.3 Å². The zero-order valence-electron chi connectivity index (χ0n) is 9.84. The van der Waals surface area contributed by atoms with Crippen molar-refractivity contribution in [3.63, 3.8) is 0 Å². The van der Waals surface area contributed by atoms with Crippen LogP contribution in [0.4, 0.5) is 5.82 Å². The molecular weight excluding hydrogens is 350 g/mol. The molecule has 0 radical (unpaired) electrons. The second-order valence-electron chi connectivity index (χ2n) is 3.51. The summed E-state index contributed by atoms with van der Waals surface area (Å²) in [5, 5.41) is 8.22. The van der Waals surface area contributed by atoms with Gasteiger partial charge in [-0.15, -0.1) is 0 Å². The summed E-state index contributed by atoms with van der Waals surface area (Å²) in [6.07, 6.45) is 1.55. The van der Waals surface area contributed by atoms with E-state index < -0.39 is 11.2 Å². The number of anilines is 1. The molecule has 10 heteroatoms. The van der Waals surface area contributed by atoms with E-state index in [1.807, 2.05) is 4.98 Å². The van der Waals surface area contributed by atoms with E-state index in [0.29, 0.717) is 5.82 Å². The molecule has 0 aliphatic heterocycles. The average molecular weight is 358 g/mol. The van der Waals surface area contributed by atoms with E-state index in [0.717, 1.165) is 16.2 Å². The number of carbonyl (C=O) groups is 1. The third kappa shape index (κ3) is 4.03. The van der Waals surface area contributed by atoms with E-state index in [9.17, 15) is 14.4 Å². The zero-order valence-corrected chi connectivity index (χ0v) is 12.2. The number of amides is 1. The molecular formula is C10H8BrN5O3S. The Bertz CT molecular complexity index is 727. The Morgan fingerprint density at radius 2 is 2.20 bits per heavy atom. The summed E-state index contributed by atoms with van der Waals surface area (Å²) >= 11 is 4.14. The van der Waals surface area contributed by atoms with Crippen molar-refractivity contribution in [3.8, 4) is 0 Å². The van der Waals surface area contributed by atoms with Crippen LogP contribution in [0.2, 0.25) is 0 Å². The first-order chi connectivity index (χ1) is 9.54. The van der Waals surface area contributed by atoms with Gasteiger partial charge in [0.1, 0.15) is 5.82 Å². The summed E-state index contributed by atoms with van der Waals surface area (Å²) in [6.45, 7) is 0. The fourth-order valence-electron chi connectivity index (χ4n) is 1.20. The van der Waals surface area contributed by atoms with Gasteiger partial charge in [0.2, 0.25) is 5.91 Å². The van der Waals surface area contributed by atoms with Crippen LogP contribution in [0.15, 0.2) is 37.4 Å². The number of aromatic nitrogens is 4. The highest BCUT2D eigenvalue weighted by atomic mass is 79.9. The third-order valence-electron chi connectivity index (χ3n) is 2.02. The Morgan fingerprint density at radius 1 is 1.40 bits per heavy atom. The van der Waals surface area contributed by atoms with Crippen molar-refractivity contribution < 1.29 is 4.79 Å². The molecule has 20 heavy (non-hydrogen) atoms. The average Bonchev–Trinajstić information content (AvgIpc) is 2.40. The molecule has 0 unspecified atom stereocenters. The Morgan fingerprint density at radius 3 is 2.85 bits per heavy atom. The van der Waals surface area contributed by atoms with Crippen LogP contribution in [0, 0.1) is 0 Å². The lowest BCUT2D eigenvalue weighted by Gasteiger charge is -2.03. The number of carbonyl (C=O) groups excluding carboxylic acids is 1. The fourth-order valence-corrected chi connectivity index (χ4v) is 2.06. The minimum absolute atomic E-state index is 0.0171. The number of aromatic amines is 2. The highest BCUT2D eigenvalue weighted by Gasteiger charge is 2.08. The SMILES string of the molecule is O=C(CSc1n[nH]c(=O)[nH]c1=O)Nc1ccc(Br)cn1. The fraction of sp³-hybridized carbons (Fsp3) is 0.100. The molecule has 2 aromatic rings. The van der Waals surface area contributed by atoms with Gasteiger partial charge in [-0.3, -0.25) is 14.6 Å². The summed E-state index contributed by atoms with van der Waals surface area (Å²) in [5.41, 5.74) is -1.32. The number of H-pyrrole nitrogens is 2. The van der Waals surface area contributed by atoms with Gasteiger partial charge in [0.05, 0.1) is 5.75 Å². The molecule has 1 amide bonds. The maximum absolute atomic E-state index is 11.7. The second-order valence-corrected chi connectivity index (χ2v) is 5.39. The number of hydrogen-bond acceptors (Lipinski definition) is 6. The number of pyridine rings is 1. The first-order valence-electron chi connectivity index (χ1n) is 5.28. The number of nitrogens with one attached hydrogen (secondary N) is 3. The Kier molecular flexibility index (Phi) is 4.69. The molecule has 8 nitrogen and oxygen atoms in total. The molecule has 0 aliphatic rings. The minimum Gasteiger partial charge on any atom is -0.310 e. The third-order valence-corrected chi connectivity index (χ3v) is 3.44. The first kappa shape index (κ1) is 14.5. The van der Waals surface area contributed by atoms with Crippen LogP contribution >= 0.6 is 27.7 Å². The van der Waals surface area contributed by atoms with Gasteiger partial charge < -0.3 is 5.32 Å².